The number of aromatic amines is 1. The maximum Gasteiger partial charge on any atom is 0.251 e. The van der Waals surface area contributed by atoms with Crippen molar-refractivity contribution in [1.82, 2.24) is 15.2 Å². The summed E-state index contributed by atoms with van der Waals surface area (Å²) in [5, 5.41) is 4.31. The van der Waals surface area contributed by atoms with Gasteiger partial charge in [0.2, 0.25) is 0 Å². The van der Waals surface area contributed by atoms with Crippen molar-refractivity contribution in [2.45, 2.75) is 32.6 Å². The van der Waals surface area contributed by atoms with Crippen LogP contribution in [0.3, 0.4) is 0 Å². The van der Waals surface area contributed by atoms with Gasteiger partial charge < -0.3 is 15.0 Å². The number of hydrogen-bond donors (Lipinski definition) is 2. The van der Waals surface area contributed by atoms with Crippen molar-refractivity contribution < 1.29 is 9.53 Å². The third-order valence-corrected chi connectivity index (χ3v) is 5.74. The van der Waals surface area contributed by atoms with Crippen molar-refractivity contribution >= 4 is 16.8 Å². The Labute approximate surface area is 155 Å². The van der Waals surface area contributed by atoms with Gasteiger partial charge in [0.25, 0.3) is 5.91 Å². The van der Waals surface area contributed by atoms with E-state index in [0.29, 0.717) is 0 Å². The van der Waals surface area contributed by atoms with Crippen molar-refractivity contribution in [3.8, 4) is 0 Å². The number of fused-ring (bicyclic) bond motifs is 3. The Morgan fingerprint density at radius 1 is 1.35 bits per heavy atom. The predicted molar refractivity (Wildman–Crippen MR) is 104 cm³/mol. The number of carbonyl (C=O) groups is 1. The Morgan fingerprint density at radius 3 is 3.04 bits per heavy atom. The maximum atomic E-state index is 12.5. The lowest BCUT2D eigenvalue weighted by atomic mass is 9.87. The van der Waals surface area contributed by atoms with Crippen LogP contribution < -0.4 is 5.32 Å². The largest absolute Gasteiger partial charge is 0.379 e. The molecule has 0 radical (unpaired) electrons. The van der Waals surface area contributed by atoms with E-state index in [1.165, 1.54) is 23.1 Å². The summed E-state index contributed by atoms with van der Waals surface area (Å²) < 4.78 is 5.36. The molecule has 1 fully saturated rings. The van der Waals surface area contributed by atoms with Gasteiger partial charge in [0, 0.05) is 41.8 Å². The third-order valence-electron chi connectivity index (χ3n) is 5.74. The molecule has 2 aromatic rings. The first-order valence-electron chi connectivity index (χ1n) is 9.92. The van der Waals surface area contributed by atoms with Crippen LogP contribution in [0.25, 0.3) is 10.9 Å². The number of H-pyrrole nitrogens is 1. The zero-order valence-electron chi connectivity index (χ0n) is 15.6. The van der Waals surface area contributed by atoms with Gasteiger partial charge in [-0.15, -0.1) is 0 Å². The van der Waals surface area contributed by atoms with E-state index in [0.717, 1.165) is 75.7 Å². The molecular formula is C21H29N3O2. The number of benzene rings is 1. The number of aromatic nitrogens is 1. The highest BCUT2D eigenvalue weighted by Gasteiger charge is 2.20. The minimum Gasteiger partial charge on any atom is -0.379 e. The number of morpholine rings is 1. The molecule has 140 valence electrons. The fourth-order valence-corrected chi connectivity index (χ4v) is 4.16. The van der Waals surface area contributed by atoms with Gasteiger partial charge in [0.05, 0.1) is 13.2 Å². The molecule has 5 heteroatoms. The molecule has 1 saturated heterocycles. The number of nitrogens with zero attached hydrogens (tertiary/aromatic N) is 1. The molecule has 2 heterocycles. The second-order valence-corrected chi connectivity index (χ2v) is 7.75. The Hall–Kier alpha value is -1.85. The van der Waals surface area contributed by atoms with E-state index >= 15 is 0 Å². The Balaban J connectivity index is 1.36. The lowest BCUT2D eigenvalue weighted by molar-refractivity contribution is 0.0374. The molecule has 1 aliphatic carbocycles. The van der Waals surface area contributed by atoms with Crippen LogP contribution in [0.2, 0.25) is 0 Å². The van der Waals surface area contributed by atoms with Crippen LogP contribution >= 0.6 is 0 Å². The van der Waals surface area contributed by atoms with E-state index in [4.69, 9.17) is 4.74 Å². The summed E-state index contributed by atoms with van der Waals surface area (Å²) in [4.78, 5) is 18.5. The molecule has 2 aliphatic rings. The first-order valence-corrected chi connectivity index (χ1v) is 9.92. The number of carbonyl (C=O) groups excluding carboxylic acids is 1. The third kappa shape index (κ3) is 3.79. The van der Waals surface area contributed by atoms with Crippen LogP contribution in [0.5, 0.6) is 0 Å². The number of hydrogen-bond acceptors (Lipinski definition) is 3. The zero-order valence-corrected chi connectivity index (χ0v) is 15.6. The molecule has 0 spiro atoms. The van der Waals surface area contributed by atoms with Gasteiger partial charge in [-0.1, -0.05) is 6.92 Å². The van der Waals surface area contributed by atoms with E-state index in [1.54, 1.807) is 0 Å². The second-order valence-electron chi connectivity index (χ2n) is 7.75. The fraction of sp³-hybridized carbons (Fsp3) is 0.571. The fourth-order valence-electron chi connectivity index (χ4n) is 4.16. The molecule has 26 heavy (non-hydrogen) atoms. The average molecular weight is 355 g/mol. The summed E-state index contributed by atoms with van der Waals surface area (Å²) in [6.07, 6.45) is 4.45. The van der Waals surface area contributed by atoms with Gasteiger partial charge in [-0.25, -0.2) is 0 Å². The molecule has 0 saturated carbocycles. The average Bonchev–Trinajstić information content (AvgIpc) is 3.03. The molecule has 2 N–H and O–H groups in total. The second kappa shape index (κ2) is 7.80. The lowest BCUT2D eigenvalue weighted by Crippen LogP contribution is -2.38. The molecule has 5 nitrogen and oxygen atoms in total. The number of aryl methyl sites for hydroxylation is 1. The molecule has 1 amide bonds. The van der Waals surface area contributed by atoms with Crippen molar-refractivity contribution in [2.75, 3.05) is 39.4 Å². The van der Waals surface area contributed by atoms with E-state index in [9.17, 15) is 4.79 Å². The van der Waals surface area contributed by atoms with Crippen LogP contribution in [-0.2, 0) is 17.6 Å². The van der Waals surface area contributed by atoms with Crippen LogP contribution in [0.15, 0.2) is 18.2 Å². The van der Waals surface area contributed by atoms with Crippen molar-refractivity contribution in [1.29, 1.82) is 0 Å². The highest BCUT2D eigenvalue weighted by Crippen LogP contribution is 2.32. The molecular weight excluding hydrogens is 326 g/mol. The van der Waals surface area contributed by atoms with E-state index < -0.39 is 0 Å². The Bertz CT molecular complexity index is 777. The summed E-state index contributed by atoms with van der Waals surface area (Å²) in [5.41, 5.74) is 4.71. The number of nitrogens with one attached hydrogen (secondary N) is 2. The number of rotatable bonds is 5. The van der Waals surface area contributed by atoms with Crippen molar-refractivity contribution in [3.05, 3.63) is 35.0 Å². The van der Waals surface area contributed by atoms with Crippen molar-refractivity contribution in [3.63, 3.8) is 0 Å². The summed E-state index contributed by atoms with van der Waals surface area (Å²) in [5.74, 6) is 0.756. The van der Waals surface area contributed by atoms with Crippen LogP contribution in [0.1, 0.15) is 41.4 Å². The SMILES string of the molecule is CC1CCc2[nH]c3ccc(C(=O)NCCCN4CCOCC4)cc3c2C1. The summed E-state index contributed by atoms with van der Waals surface area (Å²) in [7, 11) is 0. The highest BCUT2D eigenvalue weighted by molar-refractivity contribution is 5.99. The molecule has 1 aromatic heterocycles. The molecule has 4 rings (SSSR count). The number of amides is 1. The van der Waals surface area contributed by atoms with Crippen molar-refractivity contribution in [2.24, 2.45) is 5.92 Å². The van der Waals surface area contributed by atoms with Gasteiger partial charge >= 0.3 is 0 Å². The smallest absolute Gasteiger partial charge is 0.251 e. The topological polar surface area (TPSA) is 57.4 Å². The molecule has 1 atom stereocenters. The van der Waals surface area contributed by atoms with Crippen LogP contribution in [-0.4, -0.2) is 55.2 Å². The van der Waals surface area contributed by atoms with Gasteiger partial charge in [-0.3, -0.25) is 9.69 Å². The molecule has 1 unspecified atom stereocenters. The first kappa shape index (κ1) is 17.6. The molecule has 1 aliphatic heterocycles. The maximum absolute atomic E-state index is 12.5. The van der Waals surface area contributed by atoms with E-state index in [-0.39, 0.29) is 5.91 Å². The predicted octanol–water partition coefficient (Wildman–Crippen LogP) is 2.74. The van der Waals surface area contributed by atoms with Gasteiger partial charge in [0.1, 0.15) is 0 Å². The van der Waals surface area contributed by atoms with Crippen LogP contribution in [0, 0.1) is 5.92 Å². The minimum atomic E-state index is 0.0349. The summed E-state index contributed by atoms with van der Waals surface area (Å²) >= 11 is 0. The lowest BCUT2D eigenvalue weighted by Gasteiger charge is -2.26. The van der Waals surface area contributed by atoms with Gasteiger partial charge in [0.15, 0.2) is 0 Å². The summed E-state index contributed by atoms with van der Waals surface area (Å²) in [6.45, 7) is 7.70. The normalized spacial score (nSPS) is 20.9. The Morgan fingerprint density at radius 2 is 2.19 bits per heavy atom. The standard InChI is InChI=1S/C21H29N3O2/c1-15-3-5-19-17(13-15)18-14-16(4-6-20(18)23-19)21(25)22-7-2-8-24-9-11-26-12-10-24/h4,6,14-15,23H,2-3,5,7-13H2,1H3,(H,22,25). The molecule has 1 aromatic carbocycles. The van der Waals surface area contributed by atoms with E-state index in [1.807, 2.05) is 6.07 Å². The first-order chi connectivity index (χ1) is 12.7. The highest BCUT2D eigenvalue weighted by atomic mass is 16.5. The van der Waals surface area contributed by atoms with Crippen LogP contribution in [0.4, 0.5) is 0 Å². The summed E-state index contributed by atoms with van der Waals surface area (Å²) in [6, 6.07) is 6.06. The molecule has 0 bridgehead atoms. The minimum absolute atomic E-state index is 0.0349. The quantitative estimate of drug-likeness (QED) is 0.811. The number of ether oxygens (including phenoxy) is 1. The zero-order chi connectivity index (χ0) is 17.9. The van der Waals surface area contributed by atoms with Gasteiger partial charge in [-0.05, 0) is 61.9 Å². The van der Waals surface area contributed by atoms with E-state index in [2.05, 4.69) is 34.3 Å². The Kier molecular flexibility index (Phi) is 5.27. The van der Waals surface area contributed by atoms with Gasteiger partial charge in [-0.2, -0.15) is 0 Å². The monoisotopic (exact) mass is 355 g/mol.